The van der Waals surface area contributed by atoms with Gasteiger partial charge in [-0.1, -0.05) is 13.8 Å². The quantitative estimate of drug-likeness (QED) is 0.756. The topological polar surface area (TPSA) is 55.4 Å². The molecule has 1 N–H and O–H groups in total. The molecule has 1 unspecified atom stereocenters. The second-order valence-electron chi connectivity index (χ2n) is 4.24. The van der Waals surface area contributed by atoms with Crippen molar-refractivity contribution < 1.29 is 14.3 Å². The maximum atomic E-state index is 11.8. The van der Waals surface area contributed by atoms with Crippen molar-refractivity contribution in [3.63, 3.8) is 0 Å². The molecule has 1 fully saturated rings. The van der Waals surface area contributed by atoms with E-state index >= 15 is 0 Å². The van der Waals surface area contributed by atoms with Crippen LogP contribution in [0.4, 0.5) is 4.79 Å². The van der Waals surface area contributed by atoms with Crippen LogP contribution >= 0.6 is 0 Å². The lowest BCUT2D eigenvalue weighted by atomic mass is 9.98. The van der Waals surface area contributed by atoms with E-state index in [1.165, 1.54) is 0 Å². The van der Waals surface area contributed by atoms with Crippen molar-refractivity contribution in [3.05, 3.63) is 0 Å². The molecule has 1 amide bonds. The number of amides is 1. The lowest BCUT2D eigenvalue weighted by Gasteiger charge is -2.18. The number of carbonyl (C=O) groups excluding carboxylic acids is 2. The van der Waals surface area contributed by atoms with Gasteiger partial charge in [-0.2, -0.15) is 0 Å². The molecule has 0 heterocycles. The number of hydrogen-bond donors (Lipinski definition) is 1. The van der Waals surface area contributed by atoms with E-state index in [1.807, 2.05) is 13.8 Å². The summed E-state index contributed by atoms with van der Waals surface area (Å²) >= 11 is 0. The summed E-state index contributed by atoms with van der Waals surface area (Å²) in [6.45, 7) is 5.78. The van der Waals surface area contributed by atoms with Crippen LogP contribution in [0.5, 0.6) is 0 Å². The molecular weight excluding hydrogens is 194 g/mol. The molecule has 4 heteroatoms. The second-order valence-corrected chi connectivity index (χ2v) is 4.24. The Morgan fingerprint density at radius 3 is 2.40 bits per heavy atom. The molecule has 1 rings (SSSR count). The third kappa shape index (κ3) is 3.53. The van der Waals surface area contributed by atoms with Crippen molar-refractivity contribution in [1.82, 2.24) is 5.32 Å². The molecule has 15 heavy (non-hydrogen) atoms. The van der Waals surface area contributed by atoms with Gasteiger partial charge in [-0.15, -0.1) is 0 Å². The van der Waals surface area contributed by atoms with Gasteiger partial charge >= 0.3 is 6.09 Å². The molecule has 0 bridgehead atoms. The molecule has 0 radical (unpaired) electrons. The third-order valence-electron chi connectivity index (χ3n) is 2.52. The number of hydrogen-bond acceptors (Lipinski definition) is 3. The first-order chi connectivity index (χ1) is 7.06. The molecule has 86 valence electrons. The summed E-state index contributed by atoms with van der Waals surface area (Å²) in [6, 6.07) is -0.343. The molecule has 0 aromatic carbocycles. The van der Waals surface area contributed by atoms with E-state index in [9.17, 15) is 9.59 Å². The summed E-state index contributed by atoms with van der Waals surface area (Å²) in [4.78, 5) is 23.0. The third-order valence-corrected chi connectivity index (χ3v) is 2.52. The Morgan fingerprint density at radius 1 is 1.40 bits per heavy atom. The SMILES string of the molecule is CCOC(=O)NC(C(=O)C(C)C)C1CC1. The number of Topliss-reactive ketones (excluding diaryl/α,β-unsaturated/α-hetero) is 1. The van der Waals surface area contributed by atoms with Crippen molar-refractivity contribution in [3.8, 4) is 0 Å². The smallest absolute Gasteiger partial charge is 0.407 e. The average Bonchev–Trinajstić information content (AvgIpc) is 2.96. The van der Waals surface area contributed by atoms with Crippen LogP contribution in [0.25, 0.3) is 0 Å². The Bertz CT molecular complexity index is 246. The van der Waals surface area contributed by atoms with Crippen molar-refractivity contribution >= 4 is 11.9 Å². The Balaban J connectivity index is 2.51. The molecule has 4 nitrogen and oxygen atoms in total. The molecule has 0 aromatic heterocycles. The van der Waals surface area contributed by atoms with E-state index in [0.29, 0.717) is 12.5 Å². The van der Waals surface area contributed by atoms with E-state index in [-0.39, 0.29) is 17.7 Å². The van der Waals surface area contributed by atoms with Crippen molar-refractivity contribution in [2.75, 3.05) is 6.61 Å². The second kappa shape index (κ2) is 5.14. The molecule has 0 spiro atoms. The van der Waals surface area contributed by atoms with E-state index in [4.69, 9.17) is 4.74 Å². The Kier molecular flexibility index (Phi) is 4.12. The monoisotopic (exact) mass is 213 g/mol. The minimum Gasteiger partial charge on any atom is -0.450 e. The minimum absolute atomic E-state index is 0.0440. The van der Waals surface area contributed by atoms with Crippen molar-refractivity contribution in [1.29, 1.82) is 0 Å². The van der Waals surface area contributed by atoms with Gasteiger partial charge in [0.15, 0.2) is 5.78 Å². The largest absolute Gasteiger partial charge is 0.450 e. The van der Waals surface area contributed by atoms with Crippen LogP contribution in [-0.2, 0) is 9.53 Å². The molecule has 1 aliphatic rings. The summed E-state index contributed by atoms with van der Waals surface area (Å²) in [7, 11) is 0. The van der Waals surface area contributed by atoms with E-state index in [1.54, 1.807) is 6.92 Å². The van der Waals surface area contributed by atoms with Gasteiger partial charge in [0.05, 0.1) is 12.6 Å². The fourth-order valence-electron chi connectivity index (χ4n) is 1.51. The van der Waals surface area contributed by atoms with Crippen LogP contribution in [0, 0.1) is 11.8 Å². The van der Waals surface area contributed by atoms with Gasteiger partial charge in [0.2, 0.25) is 0 Å². The highest BCUT2D eigenvalue weighted by atomic mass is 16.5. The summed E-state index contributed by atoms with van der Waals surface area (Å²) in [5.41, 5.74) is 0. The van der Waals surface area contributed by atoms with Crippen LogP contribution in [-0.4, -0.2) is 24.5 Å². The number of carbonyl (C=O) groups is 2. The van der Waals surface area contributed by atoms with Gasteiger partial charge in [0, 0.05) is 5.92 Å². The zero-order valence-electron chi connectivity index (χ0n) is 9.58. The molecule has 0 aromatic rings. The lowest BCUT2D eigenvalue weighted by Crippen LogP contribution is -2.44. The molecular formula is C11H19NO3. The molecule has 0 aliphatic heterocycles. The molecule has 1 atom stereocenters. The number of ether oxygens (including phenoxy) is 1. The predicted octanol–water partition coefficient (Wildman–Crippen LogP) is 1.74. The summed E-state index contributed by atoms with van der Waals surface area (Å²) < 4.78 is 4.78. The van der Waals surface area contributed by atoms with Crippen LogP contribution in [0.2, 0.25) is 0 Å². The number of alkyl carbamates (subject to hydrolysis) is 1. The maximum absolute atomic E-state index is 11.8. The highest BCUT2D eigenvalue weighted by molar-refractivity contribution is 5.89. The van der Waals surface area contributed by atoms with Gasteiger partial charge in [0.25, 0.3) is 0 Å². The van der Waals surface area contributed by atoms with Crippen LogP contribution < -0.4 is 5.32 Å². The van der Waals surface area contributed by atoms with Gasteiger partial charge in [-0.3, -0.25) is 4.79 Å². The normalized spacial score (nSPS) is 17.3. The Labute approximate surface area is 90.4 Å². The number of nitrogens with one attached hydrogen (secondary N) is 1. The first-order valence-electron chi connectivity index (χ1n) is 5.53. The lowest BCUT2D eigenvalue weighted by molar-refractivity contribution is -0.124. The number of rotatable bonds is 5. The van der Waals surface area contributed by atoms with Gasteiger partial charge < -0.3 is 10.1 Å². The highest BCUT2D eigenvalue weighted by Crippen LogP contribution is 2.34. The fourth-order valence-corrected chi connectivity index (χ4v) is 1.51. The van der Waals surface area contributed by atoms with E-state index in [2.05, 4.69) is 5.32 Å². The molecule has 1 saturated carbocycles. The zero-order chi connectivity index (χ0) is 11.4. The summed E-state index contributed by atoms with van der Waals surface area (Å²) in [5.74, 6) is 0.382. The highest BCUT2D eigenvalue weighted by Gasteiger charge is 2.38. The summed E-state index contributed by atoms with van der Waals surface area (Å²) in [5, 5.41) is 2.65. The molecule has 1 aliphatic carbocycles. The predicted molar refractivity (Wildman–Crippen MR) is 56.5 cm³/mol. The van der Waals surface area contributed by atoms with Crippen LogP contribution in [0.15, 0.2) is 0 Å². The minimum atomic E-state index is -0.483. The first-order valence-corrected chi connectivity index (χ1v) is 5.53. The van der Waals surface area contributed by atoms with Gasteiger partial charge in [0.1, 0.15) is 0 Å². The van der Waals surface area contributed by atoms with Gasteiger partial charge in [-0.05, 0) is 25.7 Å². The standard InChI is InChI=1S/C11H19NO3/c1-4-15-11(14)12-9(8-5-6-8)10(13)7(2)3/h7-9H,4-6H2,1-3H3,(H,12,14). The van der Waals surface area contributed by atoms with Gasteiger partial charge in [-0.25, -0.2) is 4.79 Å². The zero-order valence-corrected chi connectivity index (χ0v) is 9.58. The first kappa shape index (κ1) is 12.0. The average molecular weight is 213 g/mol. The number of ketones is 1. The van der Waals surface area contributed by atoms with Crippen LogP contribution in [0.3, 0.4) is 0 Å². The Morgan fingerprint density at radius 2 is 2.00 bits per heavy atom. The summed E-state index contributed by atoms with van der Waals surface area (Å²) in [6.07, 6.45) is 1.56. The molecule has 0 saturated heterocycles. The maximum Gasteiger partial charge on any atom is 0.407 e. The van der Waals surface area contributed by atoms with E-state index < -0.39 is 6.09 Å². The Hall–Kier alpha value is -1.06. The van der Waals surface area contributed by atoms with Crippen LogP contribution in [0.1, 0.15) is 33.6 Å². The fraction of sp³-hybridized carbons (Fsp3) is 0.818. The van der Waals surface area contributed by atoms with Crippen molar-refractivity contribution in [2.24, 2.45) is 11.8 Å². The van der Waals surface area contributed by atoms with E-state index in [0.717, 1.165) is 12.8 Å². The van der Waals surface area contributed by atoms with Crippen molar-refractivity contribution in [2.45, 2.75) is 39.7 Å².